The van der Waals surface area contributed by atoms with Gasteiger partial charge in [-0.15, -0.1) is 0 Å². The lowest BCUT2D eigenvalue weighted by Gasteiger charge is -1.80. The van der Waals surface area contributed by atoms with Crippen molar-refractivity contribution in [3.8, 4) is 6.07 Å². The lowest BCUT2D eigenvalue weighted by molar-refractivity contribution is 1.50. The van der Waals surface area contributed by atoms with E-state index in [-0.39, 0.29) is 0 Å². The Bertz CT molecular complexity index is 213. The molecule has 0 rings (SSSR count). The number of allylic oxidation sites excluding steroid dienone is 6. The van der Waals surface area contributed by atoms with E-state index in [1.54, 1.807) is 30.4 Å². The maximum atomic E-state index is 8.43. The second-order valence-electron chi connectivity index (χ2n) is 1.56. The summed E-state index contributed by atoms with van der Waals surface area (Å²) < 4.78 is 0. The molecule has 0 heterocycles. The Hall–Kier alpha value is -1.55. The minimum Gasteiger partial charge on any atom is -0.192 e. The van der Waals surface area contributed by atoms with Crippen LogP contribution in [0.1, 0.15) is 0 Å². The maximum absolute atomic E-state index is 8.43. The van der Waals surface area contributed by atoms with Crippen molar-refractivity contribution in [3.05, 3.63) is 49.1 Å². The van der Waals surface area contributed by atoms with Gasteiger partial charge in [-0.3, -0.25) is 0 Å². The third-order valence-corrected chi connectivity index (χ3v) is 0.838. The van der Waals surface area contributed by atoms with E-state index < -0.39 is 0 Å². The SMILES string of the molecule is C=C/C=C\C(C#N)=C/C=C. The van der Waals surface area contributed by atoms with Gasteiger partial charge in [-0.2, -0.15) is 5.26 Å². The van der Waals surface area contributed by atoms with E-state index in [9.17, 15) is 0 Å². The molecular formula is C9H9N. The van der Waals surface area contributed by atoms with Crippen LogP contribution in [0.15, 0.2) is 49.1 Å². The molecule has 0 N–H and O–H groups in total. The molecule has 0 fully saturated rings. The largest absolute Gasteiger partial charge is 0.192 e. The van der Waals surface area contributed by atoms with Gasteiger partial charge in [-0.25, -0.2) is 0 Å². The molecule has 1 heteroatoms. The van der Waals surface area contributed by atoms with Gasteiger partial charge in [0.2, 0.25) is 0 Å². The molecule has 0 aliphatic carbocycles. The van der Waals surface area contributed by atoms with Crippen molar-refractivity contribution >= 4 is 0 Å². The monoisotopic (exact) mass is 131 g/mol. The first-order valence-electron chi connectivity index (χ1n) is 2.87. The van der Waals surface area contributed by atoms with Crippen molar-refractivity contribution in [1.82, 2.24) is 0 Å². The van der Waals surface area contributed by atoms with Crippen molar-refractivity contribution in [2.24, 2.45) is 0 Å². The Balaban J connectivity index is 4.25. The average Bonchev–Trinajstić information content (AvgIpc) is 1.98. The first-order valence-corrected chi connectivity index (χ1v) is 2.87. The lowest BCUT2D eigenvalue weighted by Crippen LogP contribution is -1.67. The van der Waals surface area contributed by atoms with Gasteiger partial charge in [0.25, 0.3) is 0 Å². The van der Waals surface area contributed by atoms with Crippen LogP contribution in [0.25, 0.3) is 0 Å². The molecule has 10 heavy (non-hydrogen) atoms. The normalized spacial score (nSPS) is 10.9. The van der Waals surface area contributed by atoms with E-state index in [0.29, 0.717) is 5.57 Å². The van der Waals surface area contributed by atoms with Gasteiger partial charge < -0.3 is 0 Å². The number of rotatable bonds is 3. The summed E-state index contributed by atoms with van der Waals surface area (Å²) in [5.74, 6) is 0. The highest BCUT2D eigenvalue weighted by atomic mass is 14.2. The molecule has 0 aromatic rings. The Morgan fingerprint density at radius 2 is 2.00 bits per heavy atom. The van der Waals surface area contributed by atoms with Crippen LogP contribution in [-0.2, 0) is 0 Å². The van der Waals surface area contributed by atoms with Crippen LogP contribution in [0, 0.1) is 11.3 Å². The van der Waals surface area contributed by atoms with Gasteiger partial charge in [0.15, 0.2) is 0 Å². The van der Waals surface area contributed by atoms with Crippen LogP contribution < -0.4 is 0 Å². The van der Waals surface area contributed by atoms with Crippen LogP contribution in [0.3, 0.4) is 0 Å². The summed E-state index contributed by atoms with van der Waals surface area (Å²) in [6.07, 6.45) is 8.22. The van der Waals surface area contributed by atoms with Crippen molar-refractivity contribution in [1.29, 1.82) is 5.26 Å². The molecule has 0 atom stereocenters. The van der Waals surface area contributed by atoms with Crippen molar-refractivity contribution in [3.63, 3.8) is 0 Å². The molecule has 0 bridgehead atoms. The van der Waals surface area contributed by atoms with Gasteiger partial charge >= 0.3 is 0 Å². The first kappa shape index (κ1) is 8.45. The third kappa shape index (κ3) is 3.45. The zero-order chi connectivity index (χ0) is 7.82. The van der Waals surface area contributed by atoms with Crippen LogP contribution in [0.4, 0.5) is 0 Å². The molecule has 1 nitrogen and oxygen atoms in total. The summed E-state index contributed by atoms with van der Waals surface area (Å²) >= 11 is 0. The fourth-order valence-electron chi connectivity index (χ4n) is 0.429. The van der Waals surface area contributed by atoms with Crippen molar-refractivity contribution < 1.29 is 0 Å². The summed E-state index contributed by atoms with van der Waals surface area (Å²) in [7, 11) is 0. The third-order valence-electron chi connectivity index (χ3n) is 0.838. The molecular weight excluding hydrogens is 122 g/mol. The number of hydrogen-bond donors (Lipinski definition) is 0. The Kier molecular flexibility index (Phi) is 4.72. The van der Waals surface area contributed by atoms with E-state index in [1.165, 1.54) is 0 Å². The second-order valence-corrected chi connectivity index (χ2v) is 1.56. The molecule has 0 spiro atoms. The van der Waals surface area contributed by atoms with E-state index in [2.05, 4.69) is 13.2 Å². The minimum absolute atomic E-state index is 0.579. The highest BCUT2D eigenvalue weighted by Gasteiger charge is 1.81. The number of nitrogens with zero attached hydrogens (tertiary/aromatic N) is 1. The fourth-order valence-corrected chi connectivity index (χ4v) is 0.429. The van der Waals surface area contributed by atoms with Gasteiger partial charge in [-0.05, 0) is 12.2 Å². The minimum atomic E-state index is 0.579. The second kappa shape index (κ2) is 5.58. The van der Waals surface area contributed by atoms with E-state index in [4.69, 9.17) is 5.26 Å². The van der Waals surface area contributed by atoms with Crippen LogP contribution in [0.5, 0.6) is 0 Å². The fraction of sp³-hybridized carbons (Fsp3) is 0. The molecule has 0 aliphatic rings. The number of nitriles is 1. The highest BCUT2D eigenvalue weighted by molar-refractivity contribution is 5.36. The van der Waals surface area contributed by atoms with E-state index >= 15 is 0 Å². The highest BCUT2D eigenvalue weighted by Crippen LogP contribution is 1.94. The summed E-state index contributed by atoms with van der Waals surface area (Å²) in [6.45, 7) is 6.95. The van der Waals surface area contributed by atoms with Crippen LogP contribution >= 0.6 is 0 Å². The Labute approximate surface area is 61.3 Å². The molecule has 0 unspecified atom stereocenters. The summed E-state index contributed by atoms with van der Waals surface area (Å²) in [5, 5.41) is 8.43. The molecule has 0 saturated heterocycles. The van der Waals surface area contributed by atoms with Gasteiger partial charge in [0.1, 0.15) is 0 Å². The molecule has 0 amide bonds. The van der Waals surface area contributed by atoms with E-state index in [0.717, 1.165) is 0 Å². The zero-order valence-electron chi connectivity index (χ0n) is 5.75. The lowest BCUT2D eigenvalue weighted by atomic mass is 10.2. The molecule has 0 radical (unpaired) electrons. The maximum Gasteiger partial charge on any atom is 0.0991 e. The van der Waals surface area contributed by atoms with Gasteiger partial charge in [-0.1, -0.05) is 31.4 Å². The summed E-state index contributed by atoms with van der Waals surface area (Å²) in [4.78, 5) is 0. The predicted molar refractivity (Wildman–Crippen MR) is 43.2 cm³/mol. The van der Waals surface area contributed by atoms with Crippen molar-refractivity contribution in [2.45, 2.75) is 0 Å². The quantitative estimate of drug-likeness (QED) is 0.426. The summed E-state index contributed by atoms with van der Waals surface area (Å²) in [6, 6.07) is 1.99. The Morgan fingerprint density at radius 3 is 2.40 bits per heavy atom. The summed E-state index contributed by atoms with van der Waals surface area (Å²) in [5.41, 5.74) is 0.579. The van der Waals surface area contributed by atoms with Crippen molar-refractivity contribution in [2.75, 3.05) is 0 Å². The van der Waals surface area contributed by atoms with Crippen LogP contribution in [-0.4, -0.2) is 0 Å². The molecule has 0 saturated carbocycles. The smallest absolute Gasteiger partial charge is 0.0991 e. The van der Waals surface area contributed by atoms with Gasteiger partial charge in [0, 0.05) is 0 Å². The zero-order valence-corrected chi connectivity index (χ0v) is 5.75. The topological polar surface area (TPSA) is 23.8 Å². The van der Waals surface area contributed by atoms with Crippen LogP contribution in [0.2, 0.25) is 0 Å². The average molecular weight is 131 g/mol. The standard InChI is InChI=1S/C9H9N/c1-3-5-7-9(8-10)6-4-2/h3-7H,1-2H2/b7-5-,9-6+. The predicted octanol–water partition coefficient (Wildman–Crippen LogP) is 2.36. The Morgan fingerprint density at radius 1 is 1.30 bits per heavy atom. The van der Waals surface area contributed by atoms with Gasteiger partial charge in [0.05, 0.1) is 11.6 Å². The molecule has 0 aromatic carbocycles. The molecule has 0 aromatic heterocycles. The number of hydrogen-bond acceptors (Lipinski definition) is 1. The first-order chi connectivity index (χ1) is 4.85. The molecule has 50 valence electrons. The van der Waals surface area contributed by atoms with E-state index in [1.807, 2.05) is 6.07 Å². The molecule has 0 aliphatic heterocycles.